The van der Waals surface area contributed by atoms with Gasteiger partial charge in [-0.05, 0) is 30.3 Å². The van der Waals surface area contributed by atoms with Gasteiger partial charge >= 0.3 is 0 Å². The molecule has 0 spiro atoms. The Bertz CT molecular complexity index is 1100. The number of sulfone groups is 1. The van der Waals surface area contributed by atoms with Gasteiger partial charge in [0.1, 0.15) is 10.6 Å². The van der Waals surface area contributed by atoms with Crippen molar-refractivity contribution in [2.75, 3.05) is 29.9 Å². The van der Waals surface area contributed by atoms with E-state index in [1.807, 2.05) is 0 Å². The van der Waals surface area contributed by atoms with E-state index < -0.39 is 25.8 Å². The highest BCUT2D eigenvalue weighted by atomic mass is 35.5. The van der Waals surface area contributed by atoms with Gasteiger partial charge in [0.25, 0.3) is 15.9 Å². The minimum absolute atomic E-state index is 0.0270. The molecule has 2 aromatic rings. The number of sulfonamides is 1. The lowest BCUT2D eigenvalue weighted by atomic mass is 10.2. The van der Waals surface area contributed by atoms with E-state index >= 15 is 0 Å². The summed E-state index contributed by atoms with van der Waals surface area (Å²) in [4.78, 5) is 12.0. The van der Waals surface area contributed by atoms with Crippen molar-refractivity contribution < 1.29 is 26.4 Å². The van der Waals surface area contributed by atoms with Crippen molar-refractivity contribution in [1.29, 1.82) is 0 Å². The van der Waals surface area contributed by atoms with E-state index in [1.54, 1.807) is 18.2 Å². The smallest absolute Gasteiger partial charge is 0.263 e. The number of hydrogen-bond donors (Lipinski definition) is 2. The van der Waals surface area contributed by atoms with Gasteiger partial charge < -0.3 is 10.1 Å². The zero-order valence-corrected chi connectivity index (χ0v) is 18.2. The van der Waals surface area contributed by atoms with E-state index in [-0.39, 0.29) is 39.2 Å². The number of nitrogens with one attached hydrogen (secondary N) is 2. The first kappa shape index (κ1) is 23.0. The molecular weight excluding hydrogens is 440 g/mol. The van der Waals surface area contributed by atoms with Crippen LogP contribution in [-0.4, -0.2) is 47.9 Å². The number of ether oxygens (including phenoxy) is 1. The average molecular weight is 461 g/mol. The first-order valence-corrected chi connectivity index (χ1v) is 12.2. The number of carbonyl (C=O) groups excluding carboxylic acids is 1. The Hall–Kier alpha value is -2.30. The Morgan fingerprint density at radius 2 is 1.79 bits per heavy atom. The number of carbonyl (C=O) groups is 1. The van der Waals surface area contributed by atoms with Crippen molar-refractivity contribution in [2.24, 2.45) is 0 Å². The summed E-state index contributed by atoms with van der Waals surface area (Å²) in [5.41, 5.74) is 0.245. The molecule has 2 aromatic carbocycles. The summed E-state index contributed by atoms with van der Waals surface area (Å²) in [5, 5.41) is 2.39. The fourth-order valence-electron chi connectivity index (χ4n) is 2.35. The molecule has 0 radical (unpaired) electrons. The highest BCUT2D eigenvalue weighted by Crippen LogP contribution is 2.29. The molecule has 0 fully saturated rings. The summed E-state index contributed by atoms with van der Waals surface area (Å²) in [6.07, 6.45) is 0. The van der Waals surface area contributed by atoms with E-state index in [4.69, 9.17) is 16.3 Å². The summed E-state index contributed by atoms with van der Waals surface area (Å²) in [6, 6.07) is 10.2. The van der Waals surface area contributed by atoms with Crippen molar-refractivity contribution in [3.63, 3.8) is 0 Å². The molecule has 0 aromatic heterocycles. The third kappa shape index (κ3) is 6.09. The second kappa shape index (κ2) is 9.47. The Morgan fingerprint density at radius 1 is 1.10 bits per heavy atom. The first-order valence-electron chi connectivity index (χ1n) is 8.53. The van der Waals surface area contributed by atoms with Crippen LogP contribution in [0.3, 0.4) is 0 Å². The summed E-state index contributed by atoms with van der Waals surface area (Å²) < 4.78 is 56.1. The molecule has 0 aliphatic carbocycles. The van der Waals surface area contributed by atoms with E-state index in [0.717, 1.165) is 6.07 Å². The van der Waals surface area contributed by atoms with Gasteiger partial charge in [0.15, 0.2) is 9.84 Å². The zero-order chi connectivity index (χ0) is 21.7. The Labute approximate surface area is 175 Å². The summed E-state index contributed by atoms with van der Waals surface area (Å²) in [5.74, 6) is -0.524. The van der Waals surface area contributed by atoms with Gasteiger partial charge in [-0.1, -0.05) is 30.7 Å². The highest BCUT2D eigenvalue weighted by Gasteiger charge is 2.22. The minimum Gasteiger partial charge on any atom is -0.495 e. The number of para-hydroxylation sites is 2. The molecule has 29 heavy (non-hydrogen) atoms. The molecule has 0 atom stereocenters. The number of anilines is 1. The summed E-state index contributed by atoms with van der Waals surface area (Å²) in [6.45, 7) is 1.43. The van der Waals surface area contributed by atoms with Crippen LogP contribution in [0, 0.1) is 0 Å². The maximum Gasteiger partial charge on any atom is 0.263 e. The molecule has 1 amide bonds. The van der Waals surface area contributed by atoms with Crippen LogP contribution >= 0.6 is 11.6 Å². The predicted octanol–water partition coefficient (Wildman–Crippen LogP) is 2.31. The lowest BCUT2D eigenvalue weighted by molar-refractivity contribution is 0.0956. The quantitative estimate of drug-likeness (QED) is 0.592. The fourth-order valence-corrected chi connectivity index (χ4v) is 4.64. The van der Waals surface area contributed by atoms with Crippen LogP contribution in [0.1, 0.15) is 17.3 Å². The molecule has 0 unspecified atom stereocenters. The molecular formula is C18H21ClN2O6S2. The Morgan fingerprint density at radius 3 is 2.45 bits per heavy atom. The third-order valence-corrected chi connectivity index (χ3v) is 7.53. The number of rotatable bonds is 9. The fraction of sp³-hybridized carbons (Fsp3) is 0.278. The van der Waals surface area contributed by atoms with Gasteiger partial charge in [0, 0.05) is 17.9 Å². The number of benzene rings is 2. The predicted molar refractivity (Wildman–Crippen MR) is 112 cm³/mol. The van der Waals surface area contributed by atoms with Crippen LogP contribution < -0.4 is 14.8 Å². The molecule has 0 aliphatic heterocycles. The molecule has 2 N–H and O–H groups in total. The van der Waals surface area contributed by atoms with Gasteiger partial charge in [-0.3, -0.25) is 9.52 Å². The Balaban J connectivity index is 2.24. The monoisotopic (exact) mass is 460 g/mol. The average Bonchev–Trinajstić information content (AvgIpc) is 2.68. The lowest BCUT2D eigenvalue weighted by Gasteiger charge is -2.13. The Kier molecular flexibility index (Phi) is 7.50. The minimum atomic E-state index is -4.12. The first-order chi connectivity index (χ1) is 13.6. The van der Waals surface area contributed by atoms with Crippen LogP contribution in [0.4, 0.5) is 5.69 Å². The van der Waals surface area contributed by atoms with Crippen molar-refractivity contribution >= 4 is 43.1 Å². The summed E-state index contributed by atoms with van der Waals surface area (Å²) in [7, 11) is -5.94. The molecule has 0 saturated heterocycles. The zero-order valence-electron chi connectivity index (χ0n) is 15.8. The van der Waals surface area contributed by atoms with Crippen molar-refractivity contribution in [3.8, 4) is 5.75 Å². The SMILES string of the molecule is CCS(=O)(=O)CCNC(=O)c1ccc(Cl)c(S(=O)(=O)Nc2ccccc2OC)c1. The molecule has 11 heteroatoms. The standard InChI is InChI=1S/C18H21ClN2O6S2/c1-3-28(23,24)11-10-20-18(22)13-8-9-14(19)17(12-13)29(25,26)21-15-6-4-5-7-16(15)27-2/h4-9,12,21H,3,10-11H2,1-2H3,(H,20,22). The molecule has 2 rings (SSSR count). The van der Waals surface area contributed by atoms with E-state index in [9.17, 15) is 21.6 Å². The van der Waals surface area contributed by atoms with Crippen molar-refractivity contribution in [3.05, 3.63) is 53.1 Å². The normalized spacial score (nSPS) is 11.7. The molecule has 8 nitrogen and oxygen atoms in total. The number of halogens is 1. The second-order valence-electron chi connectivity index (χ2n) is 5.94. The van der Waals surface area contributed by atoms with Gasteiger partial charge in [-0.15, -0.1) is 0 Å². The maximum atomic E-state index is 12.8. The van der Waals surface area contributed by atoms with Crippen LogP contribution in [0.5, 0.6) is 5.75 Å². The topological polar surface area (TPSA) is 119 Å². The number of methoxy groups -OCH3 is 1. The van der Waals surface area contributed by atoms with Crippen LogP contribution in [0.2, 0.25) is 5.02 Å². The number of hydrogen-bond acceptors (Lipinski definition) is 6. The van der Waals surface area contributed by atoms with Gasteiger partial charge in [-0.2, -0.15) is 0 Å². The van der Waals surface area contributed by atoms with Gasteiger partial charge in [-0.25, -0.2) is 16.8 Å². The molecule has 0 bridgehead atoms. The number of amides is 1. The van der Waals surface area contributed by atoms with Crippen LogP contribution in [0.15, 0.2) is 47.4 Å². The maximum absolute atomic E-state index is 12.8. The van der Waals surface area contributed by atoms with E-state index in [2.05, 4.69) is 10.0 Å². The molecule has 158 valence electrons. The van der Waals surface area contributed by atoms with Crippen LogP contribution in [-0.2, 0) is 19.9 Å². The van der Waals surface area contributed by atoms with Crippen LogP contribution in [0.25, 0.3) is 0 Å². The van der Waals surface area contributed by atoms with E-state index in [1.165, 1.54) is 32.2 Å². The summed E-state index contributed by atoms with van der Waals surface area (Å²) >= 11 is 6.05. The molecule has 0 aliphatic rings. The second-order valence-corrected chi connectivity index (χ2v) is 10.5. The van der Waals surface area contributed by atoms with E-state index in [0.29, 0.717) is 5.75 Å². The lowest BCUT2D eigenvalue weighted by Crippen LogP contribution is -2.29. The largest absolute Gasteiger partial charge is 0.495 e. The molecule has 0 heterocycles. The van der Waals surface area contributed by atoms with Crippen molar-refractivity contribution in [1.82, 2.24) is 5.32 Å². The van der Waals surface area contributed by atoms with Crippen molar-refractivity contribution in [2.45, 2.75) is 11.8 Å². The molecule has 0 saturated carbocycles. The van der Waals surface area contributed by atoms with Gasteiger partial charge in [0.05, 0.1) is 23.6 Å². The van der Waals surface area contributed by atoms with Gasteiger partial charge in [0.2, 0.25) is 0 Å². The third-order valence-electron chi connectivity index (χ3n) is 3.97. The highest BCUT2D eigenvalue weighted by molar-refractivity contribution is 7.93.